The van der Waals surface area contributed by atoms with Gasteiger partial charge in [-0.1, -0.05) is 6.42 Å². The van der Waals surface area contributed by atoms with Crippen LogP contribution in [0.1, 0.15) is 39.5 Å². The quantitative estimate of drug-likeness (QED) is 0.635. The molecule has 0 N–H and O–H groups in total. The van der Waals surface area contributed by atoms with E-state index in [1.807, 2.05) is 13.8 Å². The topological polar surface area (TPSA) is 26.3 Å². The second-order valence-corrected chi connectivity index (χ2v) is 5.49. The summed E-state index contributed by atoms with van der Waals surface area (Å²) in [6.45, 7) is 4.09. The summed E-state index contributed by atoms with van der Waals surface area (Å²) < 4.78 is 4.90. The first-order valence-electron chi connectivity index (χ1n) is 5.64. The number of fused-ring (bicyclic) bond motifs is 2. The fraction of sp³-hybridized carbons (Fsp3) is 0.917. The van der Waals surface area contributed by atoms with E-state index in [1.54, 1.807) is 0 Å². The van der Waals surface area contributed by atoms with Crippen LogP contribution >= 0.6 is 0 Å². The van der Waals surface area contributed by atoms with Gasteiger partial charge in [0.05, 0.1) is 12.5 Å². The van der Waals surface area contributed by atoms with Crippen LogP contribution in [0.15, 0.2) is 0 Å². The molecular formula is C12H20O2. The van der Waals surface area contributed by atoms with Crippen molar-refractivity contribution in [3.05, 3.63) is 0 Å². The number of methoxy groups -OCH3 is 1. The Labute approximate surface area is 86.0 Å². The molecule has 0 amide bonds. The first-order chi connectivity index (χ1) is 6.55. The van der Waals surface area contributed by atoms with Crippen molar-refractivity contribution < 1.29 is 9.53 Å². The summed E-state index contributed by atoms with van der Waals surface area (Å²) >= 11 is 0. The van der Waals surface area contributed by atoms with Crippen molar-refractivity contribution in [3.63, 3.8) is 0 Å². The second kappa shape index (κ2) is 3.25. The SMILES string of the molecule is COC(=O)C(C)(C)[C@H]1C[C@@H]2CC[C@H]1C2. The number of ether oxygens (including phenoxy) is 1. The zero-order chi connectivity index (χ0) is 10.3. The molecular weight excluding hydrogens is 176 g/mol. The molecule has 2 aliphatic rings. The van der Waals surface area contributed by atoms with Crippen molar-refractivity contribution in [1.29, 1.82) is 0 Å². The second-order valence-electron chi connectivity index (χ2n) is 5.49. The molecule has 3 atom stereocenters. The zero-order valence-electron chi connectivity index (χ0n) is 9.38. The Morgan fingerprint density at radius 3 is 2.43 bits per heavy atom. The van der Waals surface area contributed by atoms with Crippen LogP contribution in [-0.2, 0) is 9.53 Å². The van der Waals surface area contributed by atoms with E-state index in [0.717, 1.165) is 11.8 Å². The Bertz CT molecular complexity index is 245. The van der Waals surface area contributed by atoms with Gasteiger partial charge in [-0.3, -0.25) is 4.79 Å². The van der Waals surface area contributed by atoms with Gasteiger partial charge in [-0.2, -0.15) is 0 Å². The Kier molecular flexibility index (Phi) is 2.32. The molecule has 0 aromatic carbocycles. The lowest BCUT2D eigenvalue weighted by molar-refractivity contribution is -0.155. The molecule has 0 heterocycles. The van der Waals surface area contributed by atoms with Gasteiger partial charge in [-0.05, 0) is 50.9 Å². The average molecular weight is 196 g/mol. The van der Waals surface area contributed by atoms with E-state index >= 15 is 0 Å². The largest absolute Gasteiger partial charge is 0.469 e. The van der Waals surface area contributed by atoms with Crippen molar-refractivity contribution in [2.24, 2.45) is 23.2 Å². The van der Waals surface area contributed by atoms with Crippen LogP contribution in [0, 0.1) is 23.2 Å². The van der Waals surface area contributed by atoms with Gasteiger partial charge in [-0.25, -0.2) is 0 Å². The maximum atomic E-state index is 11.7. The molecule has 0 saturated heterocycles. The highest BCUT2D eigenvalue weighted by molar-refractivity contribution is 5.76. The number of hydrogen-bond donors (Lipinski definition) is 0. The molecule has 2 fully saturated rings. The molecule has 2 aliphatic carbocycles. The van der Waals surface area contributed by atoms with Crippen molar-refractivity contribution in [2.75, 3.05) is 7.11 Å². The molecule has 2 bridgehead atoms. The number of rotatable bonds is 2. The number of carbonyl (C=O) groups is 1. The molecule has 0 aromatic rings. The van der Waals surface area contributed by atoms with Crippen molar-refractivity contribution in [1.82, 2.24) is 0 Å². The molecule has 2 rings (SSSR count). The third kappa shape index (κ3) is 1.35. The average Bonchev–Trinajstić information content (AvgIpc) is 2.77. The maximum absolute atomic E-state index is 11.7. The fourth-order valence-electron chi connectivity index (χ4n) is 3.54. The lowest BCUT2D eigenvalue weighted by Gasteiger charge is -2.34. The summed E-state index contributed by atoms with van der Waals surface area (Å²) in [5, 5.41) is 0. The minimum absolute atomic E-state index is 0.0324. The summed E-state index contributed by atoms with van der Waals surface area (Å²) in [5.41, 5.74) is -0.269. The number of carbonyl (C=O) groups excluding carboxylic acids is 1. The molecule has 0 unspecified atom stereocenters. The third-order valence-electron chi connectivity index (χ3n) is 4.38. The number of hydrogen-bond acceptors (Lipinski definition) is 2. The Balaban J connectivity index is 2.11. The molecule has 0 aromatic heterocycles. The third-order valence-corrected chi connectivity index (χ3v) is 4.38. The predicted octanol–water partition coefficient (Wildman–Crippen LogP) is 2.62. The summed E-state index contributed by atoms with van der Waals surface area (Å²) in [7, 11) is 1.50. The van der Waals surface area contributed by atoms with Gasteiger partial charge in [0.25, 0.3) is 0 Å². The maximum Gasteiger partial charge on any atom is 0.311 e. The molecule has 0 spiro atoms. The summed E-state index contributed by atoms with van der Waals surface area (Å²) in [5.74, 6) is 2.21. The van der Waals surface area contributed by atoms with Crippen LogP contribution in [0.2, 0.25) is 0 Å². The van der Waals surface area contributed by atoms with Gasteiger partial charge in [0.2, 0.25) is 0 Å². The van der Waals surface area contributed by atoms with Crippen molar-refractivity contribution in [3.8, 4) is 0 Å². The summed E-state index contributed by atoms with van der Waals surface area (Å²) in [6, 6.07) is 0. The molecule has 2 nitrogen and oxygen atoms in total. The molecule has 2 heteroatoms. The van der Waals surface area contributed by atoms with Gasteiger partial charge in [0.15, 0.2) is 0 Å². The van der Waals surface area contributed by atoms with E-state index in [0.29, 0.717) is 5.92 Å². The minimum atomic E-state index is -0.269. The van der Waals surface area contributed by atoms with Crippen LogP contribution in [0.4, 0.5) is 0 Å². The Morgan fingerprint density at radius 2 is 2.00 bits per heavy atom. The first-order valence-corrected chi connectivity index (χ1v) is 5.64. The van der Waals surface area contributed by atoms with E-state index in [-0.39, 0.29) is 11.4 Å². The monoisotopic (exact) mass is 196 g/mol. The lowest BCUT2D eigenvalue weighted by Crippen LogP contribution is -2.36. The van der Waals surface area contributed by atoms with Gasteiger partial charge in [0, 0.05) is 0 Å². The van der Waals surface area contributed by atoms with E-state index < -0.39 is 0 Å². The van der Waals surface area contributed by atoms with E-state index in [4.69, 9.17) is 4.74 Å². The van der Waals surface area contributed by atoms with Crippen LogP contribution in [0.5, 0.6) is 0 Å². The highest BCUT2D eigenvalue weighted by Gasteiger charge is 2.49. The van der Waals surface area contributed by atoms with Crippen molar-refractivity contribution >= 4 is 5.97 Å². The predicted molar refractivity (Wildman–Crippen MR) is 54.7 cm³/mol. The Hall–Kier alpha value is -0.530. The normalized spacial score (nSPS) is 36.1. The highest BCUT2D eigenvalue weighted by Crippen LogP contribution is 2.54. The van der Waals surface area contributed by atoms with Gasteiger partial charge in [0.1, 0.15) is 0 Å². The van der Waals surface area contributed by atoms with Crippen LogP contribution in [-0.4, -0.2) is 13.1 Å². The molecule has 0 radical (unpaired) electrons. The Morgan fingerprint density at radius 1 is 1.29 bits per heavy atom. The van der Waals surface area contributed by atoms with Gasteiger partial charge < -0.3 is 4.74 Å². The highest BCUT2D eigenvalue weighted by atomic mass is 16.5. The van der Waals surface area contributed by atoms with Crippen LogP contribution in [0.25, 0.3) is 0 Å². The lowest BCUT2D eigenvalue weighted by atomic mass is 9.70. The zero-order valence-corrected chi connectivity index (χ0v) is 9.38. The summed E-state index contributed by atoms with van der Waals surface area (Å²) in [6.07, 6.45) is 5.31. The smallest absolute Gasteiger partial charge is 0.311 e. The standard InChI is InChI=1S/C12H20O2/c1-12(2,11(13)14-3)10-7-8-4-5-9(10)6-8/h8-10H,4-7H2,1-3H3/t8-,9+,10+/m1/s1. The first kappa shape index (κ1) is 10.0. The molecule has 80 valence electrons. The molecule has 0 aliphatic heterocycles. The van der Waals surface area contributed by atoms with Gasteiger partial charge >= 0.3 is 5.97 Å². The summed E-state index contributed by atoms with van der Waals surface area (Å²) in [4.78, 5) is 11.7. The van der Waals surface area contributed by atoms with E-state index in [2.05, 4.69) is 0 Å². The molecule has 14 heavy (non-hydrogen) atoms. The van der Waals surface area contributed by atoms with Crippen LogP contribution < -0.4 is 0 Å². The van der Waals surface area contributed by atoms with E-state index in [1.165, 1.54) is 32.8 Å². The van der Waals surface area contributed by atoms with Crippen molar-refractivity contribution in [2.45, 2.75) is 39.5 Å². The van der Waals surface area contributed by atoms with E-state index in [9.17, 15) is 4.79 Å². The minimum Gasteiger partial charge on any atom is -0.469 e. The molecule has 2 saturated carbocycles. The fourth-order valence-corrected chi connectivity index (χ4v) is 3.54. The van der Waals surface area contributed by atoms with Crippen LogP contribution in [0.3, 0.4) is 0 Å². The number of esters is 1. The van der Waals surface area contributed by atoms with Gasteiger partial charge in [-0.15, -0.1) is 0 Å².